The molecule has 7 aromatic carbocycles. The summed E-state index contributed by atoms with van der Waals surface area (Å²) >= 11 is 0. The zero-order valence-electron chi connectivity index (χ0n) is 27.6. The minimum atomic E-state index is 0.587. The summed E-state index contributed by atoms with van der Waals surface area (Å²) in [5.74, 6) is 4.52. The standard InChI is InChI=1S/C45H27N5O2/c1-3-12-27(13-4-1)43-47-44(28-14-5-2-6-15-28)49-45(48-43)29-16-11-17-30(26-29)50-35-24-22-32-31-18-7-8-19-34(31)46-40(32)39(35)33-23-25-38-42(41(33)50)52-37-21-10-9-20-36(37)51-38/h1-26,46H. The summed E-state index contributed by atoms with van der Waals surface area (Å²) in [6, 6.07) is 53.2. The summed E-state index contributed by atoms with van der Waals surface area (Å²) in [6.45, 7) is 0. The number of para-hydroxylation sites is 3. The van der Waals surface area contributed by atoms with Crippen LogP contribution in [0.4, 0.5) is 0 Å². The third-order valence-corrected chi connectivity index (χ3v) is 9.83. The van der Waals surface area contributed by atoms with Crippen LogP contribution in [0.2, 0.25) is 0 Å². The first-order valence-electron chi connectivity index (χ1n) is 17.2. The van der Waals surface area contributed by atoms with Gasteiger partial charge in [-0.2, -0.15) is 0 Å². The fourth-order valence-corrected chi connectivity index (χ4v) is 7.48. The van der Waals surface area contributed by atoms with E-state index < -0.39 is 0 Å². The number of rotatable bonds is 4. The molecule has 1 aliphatic rings. The smallest absolute Gasteiger partial charge is 0.194 e. The van der Waals surface area contributed by atoms with Crippen LogP contribution in [0.1, 0.15) is 0 Å². The van der Waals surface area contributed by atoms with Crippen molar-refractivity contribution in [3.63, 3.8) is 0 Å². The zero-order chi connectivity index (χ0) is 34.2. The number of ether oxygens (including phenoxy) is 2. The predicted molar refractivity (Wildman–Crippen MR) is 206 cm³/mol. The molecule has 1 N–H and O–H groups in total. The Bertz CT molecular complexity index is 2960. The van der Waals surface area contributed by atoms with Gasteiger partial charge in [0.15, 0.2) is 40.5 Å². The van der Waals surface area contributed by atoms with E-state index in [2.05, 4.69) is 76.3 Å². The molecule has 0 atom stereocenters. The second-order valence-electron chi connectivity index (χ2n) is 12.9. The quantitative estimate of drug-likeness (QED) is 0.202. The summed E-state index contributed by atoms with van der Waals surface area (Å²) in [7, 11) is 0. The van der Waals surface area contributed by atoms with Crippen LogP contribution < -0.4 is 9.47 Å². The van der Waals surface area contributed by atoms with Crippen LogP contribution in [0.3, 0.4) is 0 Å². The zero-order valence-corrected chi connectivity index (χ0v) is 27.6. The second-order valence-corrected chi connectivity index (χ2v) is 12.9. The lowest BCUT2D eigenvalue weighted by molar-refractivity contribution is 0.362. The van der Waals surface area contributed by atoms with E-state index in [1.54, 1.807) is 0 Å². The monoisotopic (exact) mass is 669 g/mol. The largest absolute Gasteiger partial charge is 0.449 e. The van der Waals surface area contributed by atoms with Crippen molar-refractivity contribution in [3.8, 4) is 62.8 Å². The number of aromatic nitrogens is 5. The molecule has 0 radical (unpaired) electrons. The van der Waals surface area contributed by atoms with E-state index >= 15 is 0 Å². The molecule has 0 saturated heterocycles. The summed E-state index contributed by atoms with van der Waals surface area (Å²) in [5.41, 5.74) is 7.77. The van der Waals surface area contributed by atoms with Crippen molar-refractivity contribution in [3.05, 3.63) is 158 Å². The second kappa shape index (κ2) is 11.1. The van der Waals surface area contributed by atoms with Crippen LogP contribution in [0.25, 0.3) is 83.5 Å². The molecule has 52 heavy (non-hydrogen) atoms. The Balaban J connectivity index is 1.18. The fraction of sp³-hybridized carbons (Fsp3) is 0. The van der Waals surface area contributed by atoms with Crippen molar-refractivity contribution < 1.29 is 9.47 Å². The molecule has 244 valence electrons. The number of nitrogens with zero attached hydrogens (tertiary/aromatic N) is 4. The Morgan fingerprint density at radius 3 is 1.83 bits per heavy atom. The maximum atomic E-state index is 6.71. The molecule has 7 heteroatoms. The molecular formula is C45H27N5O2. The van der Waals surface area contributed by atoms with E-state index in [0.717, 1.165) is 55.2 Å². The highest BCUT2D eigenvalue weighted by Crippen LogP contribution is 2.51. The SMILES string of the molecule is c1ccc(-c2nc(-c3ccccc3)nc(-c3cccc(-n4c5ccc6c7ccccc7[nH]c6c5c5ccc6c(c54)Oc4ccccc4O6)c3)n2)cc1. The van der Waals surface area contributed by atoms with Crippen molar-refractivity contribution in [2.24, 2.45) is 0 Å². The Labute approximate surface area is 297 Å². The average Bonchev–Trinajstić information content (AvgIpc) is 3.77. The van der Waals surface area contributed by atoms with E-state index in [1.165, 1.54) is 10.8 Å². The number of H-pyrrole nitrogens is 1. The van der Waals surface area contributed by atoms with Crippen LogP contribution in [0.5, 0.6) is 23.0 Å². The molecule has 3 aromatic heterocycles. The van der Waals surface area contributed by atoms with Crippen molar-refractivity contribution in [2.45, 2.75) is 0 Å². The molecule has 0 aliphatic carbocycles. The van der Waals surface area contributed by atoms with Gasteiger partial charge in [0.2, 0.25) is 0 Å². The van der Waals surface area contributed by atoms with Crippen molar-refractivity contribution in [2.75, 3.05) is 0 Å². The molecule has 0 spiro atoms. The summed E-state index contributed by atoms with van der Waals surface area (Å²) in [4.78, 5) is 18.7. The van der Waals surface area contributed by atoms with Crippen LogP contribution in [-0.4, -0.2) is 24.5 Å². The molecule has 0 saturated carbocycles. The Kier molecular flexibility index (Phi) is 6.12. The Morgan fingerprint density at radius 2 is 1.08 bits per heavy atom. The molecule has 0 bridgehead atoms. The van der Waals surface area contributed by atoms with E-state index in [1.807, 2.05) is 91.0 Å². The molecule has 0 amide bonds. The first-order chi connectivity index (χ1) is 25.8. The summed E-state index contributed by atoms with van der Waals surface area (Å²) in [5, 5.41) is 4.52. The van der Waals surface area contributed by atoms with Crippen LogP contribution in [0, 0.1) is 0 Å². The minimum absolute atomic E-state index is 0.587. The Morgan fingerprint density at radius 1 is 0.462 bits per heavy atom. The third-order valence-electron chi connectivity index (χ3n) is 9.83. The van der Waals surface area contributed by atoms with Gasteiger partial charge < -0.3 is 19.0 Å². The Hall–Kier alpha value is -7.25. The van der Waals surface area contributed by atoms with E-state index in [4.69, 9.17) is 24.4 Å². The van der Waals surface area contributed by atoms with Crippen LogP contribution in [0.15, 0.2) is 158 Å². The third kappa shape index (κ3) is 4.36. The van der Waals surface area contributed by atoms with Gasteiger partial charge in [-0.1, -0.05) is 109 Å². The summed E-state index contributed by atoms with van der Waals surface area (Å²) in [6.07, 6.45) is 0. The van der Waals surface area contributed by atoms with Crippen molar-refractivity contribution in [1.82, 2.24) is 24.5 Å². The van der Waals surface area contributed by atoms with E-state index in [9.17, 15) is 0 Å². The molecule has 7 nitrogen and oxygen atoms in total. The maximum absolute atomic E-state index is 6.71. The number of fused-ring (bicyclic) bond motifs is 10. The normalized spacial score (nSPS) is 12.2. The lowest BCUT2D eigenvalue weighted by atomic mass is 10.1. The molecule has 4 heterocycles. The predicted octanol–water partition coefficient (Wildman–Crippen LogP) is 11.5. The average molecular weight is 670 g/mol. The van der Waals surface area contributed by atoms with Crippen molar-refractivity contribution >= 4 is 43.6 Å². The van der Waals surface area contributed by atoms with Gasteiger partial charge in [-0.25, -0.2) is 15.0 Å². The number of benzene rings is 7. The molecule has 11 rings (SSSR count). The topological polar surface area (TPSA) is 77.9 Å². The summed E-state index contributed by atoms with van der Waals surface area (Å²) < 4.78 is 15.4. The molecule has 0 unspecified atom stereocenters. The van der Waals surface area contributed by atoms with Crippen LogP contribution >= 0.6 is 0 Å². The number of aromatic amines is 1. The van der Waals surface area contributed by atoms with Gasteiger partial charge in [0.25, 0.3) is 0 Å². The number of hydrogen-bond donors (Lipinski definition) is 1. The number of nitrogens with one attached hydrogen (secondary N) is 1. The van der Waals surface area contributed by atoms with Gasteiger partial charge >= 0.3 is 0 Å². The molecular weight excluding hydrogens is 643 g/mol. The van der Waals surface area contributed by atoms with E-state index in [-0.39, 0.29) is 0 Å². The first kappa shape index (κ1) is 28.6. The van der Waals surface area contributed by atoms with Gasteiger partial charge in [-0.15, -0.1) is 0 Å². The molecule has 0 fully saturated rings. The fourth-order valence-electron chi connectivity index (χ4n) is 7.48. The molecule has 1 aliphatic heterocycles. The minimum Gasteiger partial charge on any atom is -0.449 e. The first-order valence-corrected chi connectivity index (χ1v) is 17.2. The van der Waals surface area contributed by atoms with Gasteiger partial charge in [-0.05, 0) is 48.5 Å². The highest BCUT2D eigenvalue weighted by molar-refractivity contribution is 6.26. The maximum Gasteiger partial charge on any atom is 0.194 e. The van der Waals surface area contributed by atoms with E-state index in [0.29, 0.717) is 40.5 Å². The lowest BCUT2D eigenvalue weighted by Gasteiger charge is -2.22. The van der Waals surface area contributed by atoms with Gasteiger partial charge in [0.05, 0.1) is 11.0 Å². The van der Waals surface area contributed by atoms with Crippen molar-refractivity contribution in [1.29, 1.82) is 0 Å². The number of hydrogen-bond acceptors (Lipinski definition) is 5. The lowest BCUT2D eigenvalue weighted by Crippen LogP contribution is -2.03. The van der Waals surface area contributed by atoms with Gasteiger partial charge in [0, 0.05) is 49.4 Å². The molecule has 10 aromatic rings. The highest BCUT2D eigenvalue weighted by atomic mass is 16.6. The van der Waals surface area contributed by atoms with Gasteiger partial charge in [0.1, 0.15) is 5.52 Å². The van der Waals surface area contributed by atoms with Gasteiger partial charge in [-0.3, -0.25) is 0 Å². The highest BCUT2D eigenvalue weighted by Gasteiger charge is 2.27. The van der Waals surface area contributed by atoms with Crippen LogP contribution in [-0.2, 0) is 0 Å².